The van der Waals surface area contributed by atoms with Crippen molar-refractivity contribution in [2.75, 3.05) is 13.1 Å². The molecule has 0 aromatic carbocycles. The number of carbonyl (C=O) groups excluding carboxylic acids is 2. The molecule has 0 unspecified atom stereocenters. The number of rotatable bonds is 6. The van der Waals surface area contributed by atoms with E-state index in [1.807, 2.05) is 0 Å². The summed E-state index contributed by atoms with van der Waals surface area (Å²) in [6.07, 6.45) is 2.82. The second kappa shape index (κ2) is 8.18. The van der Waals surface area contributed by atoms with Crippen molar-refractivity contribution >= 4 is 34.1 Å². The SMILES string of the molecule is Cn1ncc2c1[C@@H](/C(N)=N/O)N1C[C@@H]2N(OS(=O)(=O)ON2C(=O)N3C[C@H]2c2cnn(C)c2[C@H]3/C(N)=N/O)C1=O. The largest absolute Gasteiger partial charge is 0.442 e. The van der Waals surface area contributed by atoms with Crippen LogP contribution in [0.2, 0.25) is 0 Å². The van der Waals surface area contributed by atoms with Gasteiger partial charge in [-0.1, -0.05) is 10.3 Å². The zero-order valence-electron chi connectivity index (χ0n) is 20.3. The number of amidine groups is 2. The molecule has 2 saturated heterocycles. The van der Waals surface area contributed by atoms with Gasteiger partial charge in [0.25, 0.3) is 0 Å². The van der Waals surface area contributed by atoms with Gasteiger partial charge in [-0.3, -0.25) is 9.36 Å². The van der Waals surface area contributed by atoms with E-state index in [-0.39, 0.29) is 24.8 Å². The number of oxime groups is 2. The van der Waals surface area contributed by atoms with E-state index in [0.717, 1.165) is 9.80 Å². The predicted molar refractivity (Wildman–Crippen MR) is 123 cm³/mol. The first-order valence-electron chi connectivity index (χ1n) is 11.3. The average molecular weight is 567 g/mol. The van der Waals surface area contributed by atoms with Gasteiger partial charge in [-0.25, -0.2) is 9.59 Å². The molecule has 0 spiro atoms. The van der Waals surface area contributed by atoms with Gasteiger partial charge in [0.2, 0.25) is 0 Å². The minimum Gasteiger partial charge on any atom is -0.409 e. The summed E-state index contributed by atoms with van der Waals surface area (Å²) < 4.78 is 39.2. The molecule has 4 aliphatic rings. The minimum atomic E-state index is -5.09. The number of aryl methyl sites for hydroxylation is 2. The zero-order valence-corrected chi connectivity index (χ0v) is 21.1. The Morgan fingerprint density at radius 3 is 1.62 bits per heavy atom. The number of hydroxylamine groups is 4. The van der Waals surface area contributed by atoms with E-state index in [1.165, 1.54) is 21.8 Å². The van der Waals surface area contributed by atoms with E-state index in [4.69, 9.17) is 20.0 Å². The highest BCUT2D eigenvalue weighted by Gasteiger charge is 2.56. The molecule has 0 radical (unpaired) electrons. The number of fused-ring (bicyclic) bond motifs is 8. The third kappa shape index (κ3) is 3.33. The van der Waals surface area contributed by atoms with Gasteiger partial charge in [-0.05, 0) is 0 Å². The number of aromatic nitrogens is 4. The maximum absolute atomic E-state index is 13.2. The highest BCUT2D eigenvalue weighted by molar-refractivity contribution is 7.81. The number of nitrogens with zero attached hydrogens (tertiary/aromatic N) is 10. The fourth-order valence-electron chi connectivity index (χ4n) is 5.57. The van der Waals surface area contributed by atoms with Crippen LogP contribution in [-0.4, -0.2) is 95.1 Å². The molecule has 0 aliphatic carbocycles. The van der Waals surface area contributed by atoms with Crippen LogP contribution in [0.25, 0.3) is 0 Å². The molecule has 2 aromatic heterocycles. The van der Waals surface area contributed by atoms with Gasteiger partial charge >= 0.3 is 22.5 Å². The standard InChI is InChI=1S/C18H22N12O8S/c1-25-11-7(3-21-25)9-5-27(13(11)15(19)23-33)17(31)29(9)37-39(35,36)38-30-10-6-28(18(30)32)14(16(20)24-34)12-8(10)4-22-26(12)2/h3-4,9-10,13-14,33-34H,5-6H2,1-2H3,(H2,19,23)(H2,20,24)/t9-,10-,13-,14-/m0/s1. The van der Waals surface area contributed by atoms with Crippen LogP contribution in [0.15, 0.2) is 22.7 Å². The van der Waals surface area contributed by atoms with E-state index in [2.05, 4.69) is 20.5 Å². The first-order valence-corrected chi connectivity index (χ1v) is 12.6. The number of carbonyl (C=O) groups is 2. The van der Waals surface area contributed by atoms with Gasteiger partial charge in [-0.2, -0.15) is 28.7 Å². The van der Waals surface area contributed by atoms with Crippen molar-refractivity contribution in [2.24, 2.45) is 35.9 Å². The van der Waals surface area contributed by atoms with Crippen molar-refractivity contribution < 1.29 is 37.0 Å². The summed E-state index contributed by atoms with van der Waals surface area (Å²) in [6, 6.07) is -5.76. The fourth-order valence-corrected chi connectivity index (χ4v) is 6.33. The summed E-state index contributed by atoms with van der Waals surface area (Å²) in [6.45, 7) is -0.124. The van der Waals surface area contributed by atoms with E-state index in [9.17, 15) is 28.4 Å². The number of nitrogens with two attached hydrogens (primary N) is 2. The monoisotopic (exact) mass is 566 g/mol. The van der Waals surface area contributed by atoms with Crippen molar-refractivity contribution in [3.05, 3.63) is 34.9 Å². The highest BCUT2D eigenvalue weighted by Crippen LogP contribution is 2.46. The lowest BCUT2D eigenvalue weighted by atomic mass is 9.97. The average Bonchev–Trinajstić information content (AvgIpc) is 3.62. The van der Waals surface area contributed by atoms with Crippen LogP contribution in [0.3, 0.4) is 0 Å². The normalized spacial score (nSPS) is 26.5. The quantitative estimate of drug-likeness (QED) is 0.130. The molecule has 6 rings (SSSR count). The van der Waals surface area contributed by atoms with E-state index >= 15 is 0 Å². The van der Waals surface area contributed by atoms with Gasteiger partial charge < -0.3 is 31.7 Å². The maximum atomic E-state index is 13.2. The van der Waals surface area contributed by atoms with Gasteiger partial charge in [-0.15, -0.1) is 8.57 Å². The zero-order chi connectivity index (χ0) is 28.0. The molecule has 2 aromatic rings. The lowest BCUT2D eigenvalue weighted by molar-refractivity contribution is -0.0846. The third-order valence-electron chi connectivity index (χ3n) is 7.20. The van der Waals surface area contributed by atoms with E-state index in [0.29, 0.717) is 32.6 Å². The summed E-state index contributed by atoms with van der Waals surface area (Å²) in [5.74, 6) is -0.631. The molecule has 208 valence electrons. The molecule has 6 heterocycles. The van der Waals surface area contributed by atoms with Crippen molar-refractivity contribution in [1.29, 1.82) is 0 Å². The van der Waals surface area contributed by atoms with Crippen LogP contribution < -0.4 is 11.5 Å². The van der Waals surface area contributed by atoms with Crippen LogP contribution in [0.5, 0.6) is 0 Å². The molecule has 4 bridgehead atoms. The van der Waals surface area contributed by atoms with Gasteiger partial charge in [0.15, 0.2) is 11.7 Å². The molecule has 20 nitrogen and oxygen atoms in total. The summed E-state index contributed by atoms with van der Waals surface area (Å²) in [4.78, 5) is 28.7. The van der Waals surface area contributed by atoms with Crippen molar-refractivity contribution in [3.8, 4) is 0 Å². The summed E-state index contributed by atoms with van der Waals surface area (Å²) in [7, 11) is -1.93. The molecule has 4 aliphatic heterocycles. The van der Waals surface area contributed by atoms with Crippen molar-refractivity contribution in [2.45, 2.75) is 24.2 Å². The Bertz CT molecular complexity index is 1460. The molecule has 21 heteroatoms. The molecule has 0 saturated carbocycles. The topological polar surface area (TPSA) is 253 Å². The summed E-state index contributed by atoms with van der Waals surface area (Å²) >= 11 is 0. The summed E-state index contributed by atoms with van der Waals surface area (Å²) in [5, 5.41) is 34.0. The van der Waals surface area contributed by atoms with Crippen molar-refractivity contribution in [3.63, 3.8) is 0 Å². The fraction of sp³-hybridized carbons (Fsp3) is 0.444. The Morgan fingerprint density at radius 1 is 0.872 bits per heavy atom. The lowest BCUT2D eigenvalue weighted by Gasteiger charge is -2.30. The van der Waals surface area contributed by atoms with Crippen LogP contribution in [0.4, 0.5) is 9.59 Å². The minimum absolute atomic E-state index is 0.0620. The number of hydrogen-bond donors (Lipinski definition) is 4. The Morgan fingerprint density at radius 2 is 1.26 bits per heavy atom. The van der Waals surface area contributed by atoms with Gasteiger partial charge in [0.1, 0.15) is 24.2 Å². The molecule has 39 heavy (non-hydrogen) atoms. The highest BCUT2D eigenvalue weighted by atomic mass is 32.3. The first-order chi connectivity index (χ1) is 18.5. The van der Waals surface area contributed by atoms with E-state index < -0.39 is 46.6 Å². The molecular weight excluding hydrogens is 544 g/mol. The Labute approximate surface area is 219 Å². The molecule has 4 amide bonds. The third-order valence-corrected chi connectivity index (χ3v) is 7.88. The second-order valence-electron chi connectivity index (χ2n) is 9.18. The predicted octanol–water partition coefficient (Wildman–Crippen LogP) is -1.88. The Kier molecular flexibility index (Phi) is 5.18. The summed E-state index contributed by atoms with van der Waals surface area (Å²) in [5.41, 5.74) is 13.3. The second-order valence-corrected chi connectivity index (χ2v) is 10.3. The smallest absolute Gasteiger partial charge is 0.409 e. The van der Waals surface area contributed by atoms with Crippen LogP contribution >= 0.6 is 0 Å². The van der Waals surface area contributed by atoms with Crippen molar-refractivity contribution in [1.82, 2.24) is 39.5 Å². The molecule has 4 atom stereocenters. The Balaban J connectivity index is 1.30. The van der Waals surface area contributed by atoms with Crippen LogP contribution in [0, 0.1) is 0 Å². The molecule has 6 N–H and O–H groups in total. The van der Waals surface area contributed by atoms with Crippen LogP contribution in [0.1, 0.15) is 46.7 Å². The first kappa shape index (κ1) is 24.7. The van der Waals surface area contributed by atoms with Crippen LogP contribution in [-0.2, 0) is 33.1 Å². The molecular formula is C18H22N12O8S. The van der Waals surface area contributed by atoms with E-state index in [1.54, 1.807) is 14.1 Å². The van der Waals surface area contributed by atoms with Gasteiger partial charge in [0, 0.05) is 25.2 Å². The maximum Gasteiger partial charge on any atom is 0.442 e. The molecule has 2 fully saturated rings. The number of hydrogen-bond acceptors (Lipinski definition) is 12. The number of urea groups is 2. The lowest BCUT2D eigenvalue weighted by Crippen LogP contribution is -2.43. The Hall–Kier alpha value is -4.63. The number of amides is 4. The van der Waals surface area contributed by atoms with Gasteiger partial charge in [0.05, 0.1) is 36.9 Å².